The van der Waals surface area contributed by atoms with E-state index in [1.165, 1.54) is 5.56 Å². The quantitative estimate of drug-likeness (QED) is 0.249. The summed E-state index contributed by atoms with van der Waals surface area (Å²) in [7, 11) is 0. The Hall–Kier alpha value is -3.31. The molecule has 0 amide bonds. The van der Waals surface area contributed by atoms with Gasteiger partial charge in [0.25, 0.3) is 0 Å². The average Bonchev–Trinajstić information content (AvgIpc) is 2.81. The molecule has 0 saturated carbocycles. The van der Waals surface area contributed by atoms with Crippen molar-refractivity contribution >= 4 is 28.7 Å². The van der Waals surface area contributed by atoms with Crippen LogP contribution in [0, 0.1) is 0 Å². The van der Waals surface area contributed by atoms with Gasteiger partial charge in [-0.2, -0.15) is 0 Å². The third-order valence-corrected chi connectivity index (χ3v) is 5.24. The lowest BCUT2D eigenvalue weighted by Crippen LogP contribution is -2.12. The highest BCUT2D eigenvalue weighted by Crippen LogP contribution is 2.18. The predicted molar refractivity (Wildman–Crippen MR) is 122 cm³/mol. The van der Waals surface area contributed by atoms with E-state index < -0.39 is 6.61 Å². The third kappa shape index (κ3) is 6.09. The van der Waals surface area contributed by atoms with Crippen LogP contribution in [0.15, 0.2) is 60.7 Å². The van der Waals surface area contributed by atoms with Crippen LogP contribution >= 0.6 is 0 Å². The first-order valence-corrected chi connectivity index (χ1v) is 10.5. The fraction of sp³-hybridized carbons (Fsp3) is 0.269. The average molecular weight is 419 g/mol. The van der Waals surface area contributed by atoms with Crippen molar-refractivity contribution in [2.45, 2.75) is 26.9 Å². The van der Waals surface area contributed by atoms with Gasteiger partial charge in [-0.05, 0) is 53.9 Å². The fourth-order valence-corrected chi connectivity index (χ4v) is 3.38. The van der Waals surface area contributed by atoms with Crippen LogP contribution < -0.4 is 0 Å². The van der Waals surface area contributed by atoms with Crippen LogP contribution in [0.2, 0.25) is 0 Å². The van der Waals surface area contributed by atoms with Crippen molar-refractivity contribution in [3.8, 4) is 0 Å². The summed E-state index contributed by atoms with van der Waals surface area (Å²) in [6.07, 6.45) is 2.30. The molecule has 0 heterocycles. The molecule has 3 aromatic carbocycles. The Morgan fingerprint density at radius 3 is 2.23 bits per heavy atom. The summed E-state index contributed by atoms with van der Waals surface area (Å²) in [6, 6.07) is 19.0. The second kappa shape index (κ2) is 10.6. The van der Waals surface area contributed by atoms with Crippen LogP contribution in [0.1, 0.15) is 40.9 Å². The molecule has 0 spiro atoms. The SMILES string of the molecule is CC[N+](=Cc1ccc2cc(COC(=O)Cc3ccc(C(=O)CO)cc3)ccc2c1)CC. The van der Waals surface area contributed by atoms with E-state index in [0.717, 1.165) is 35.0 Å². The zero-order chi connectivity index (χ0) is 22.2. The van der Waals surface area contributed by atoms with E-state index >= 15 is 0 Å². The number of hydrogen-bond acceptors (Lipinski definition) is 4. The molecule has 0 aliphatic rings. The van der Waals surface area contributed by atoms with E-state index in [1.54, 1.807) is 24.3 Å². The van der Waals surface area contributed by atoms with Gasteiger partial charge in [0.05, 0.1) is 6.42 Å². The van der Waals surface area contributed by atoms with Crippen molar-refractivity contribution in [3.63, 3.8) is 0 Å². The van der Waals surface area contributed by atoms with Crippen molar-refractivity contribution in [1.82, 2.24) is 0 Å². The largest absolute Gasteiger partial charge is 0.461 e. The second-order valence-corrected chi connectivity index (χ2v) is 7.41. The zero-order valence-electron chi connectivity index (χ0n) is 18.0. The minimum absolute atomic E-state index is 0.131. The number of rotatable bonds is 9. The van der Waals surface area contributed by atoms with Crippen molar-refractivity contribution < 1.29 is 24.0 Å². The summed E-state index contributed by atoms with van der Waals surface area (Å²) in [5, 5.41) is 11.1. The lowest BCUT2D eigenvalue weighted by molar-refractivity contribution is -0.515. The molecule has 31 heavy (non-hydrogen) atoms. The maximum Gasteiger partial charge on any atom is 0.310 e. The zero-order valence-corrected chi connectivity index (χ0v) is 18.0. The molecule has 0 unspecified atom stereocenters. The molecule has 0 atom stereocenters. The molecule has 3 aromatic rings. The lowest BCUT2D eigenvalue weighted by atomic mass is 10.0. The maximum absolute atomic E-state index is 12.2. The Labute approximate surface area is 182 Å². The minimum Gasteiger partial charge on any atom is -0.461 e. The van der Waals surface area contributed by atoms with Crippen molar-refractivity contribution in [2.24, 2.45) is 0 Å². The molecule has 0 aromatic heterocycles. The standard InChI is InChI=1S/C26H28NO4/c1-3-27(4-2)16-20-7-11-24-14-21(8-12-23(24)13-20)18-31-26(30)15-19-5-9-22(10-6-19)25(29)17-28/h5-14,16,28H,3-4,15,17-18H2,1-2H3/q+1. The Kier molecular flexibility index (Phi) is 7.68. The highest BCUT2D eigenvalue weighted by molar-refractivity contribution is 5.97. The predicted octanol–water partition coefficient (Wildman–Crippen LogP) is 3.77. The Bertz CT molecular complexity index is 1090. The number of carbonyl (C=O) groups excluding carboxylic acids is 2. The Morgan fingerprint density at radius 2 is 1.55 bits per heavy atom. The second-order valence-electron chi connectivity index (χ2n) is 7.41. The number of carbonyl (C=O) groups is 2. The number of nitrogens with zero attached hydrogens (tertiary/aromatic N) is 1. The highest BCUT2D eigenvalue weighted by atomic mass is 16.5. The topological polar surface area (TPSA) is 66.6 Å². The van der Waals surface area contributed by atoms with Crippen molar-refractivity contribution in [3.05, 3.63) is 82.9 Å². The lowest BCUT2D eigenvalue weighted by Gasteiger charge is -2.07. The van der Waals surface area contributed by atoms with Gasteiger partial charge in [0.1, 0.15) is 26.3 Å². The molecule has 3 rings (SSSR count). The summed E-state index contributed by atoms with van der Waals surface area (Å²) in [5.74, 6) is -0.672. The van der Waals surface area contributed by atoms with E-state index in [1.807, 2.05) is 12.1 Å². The van der Waals surface area contributed by atoms with Crippen LogP contribution in [0.3, 0.4) is 0 Å². The Balaban J connectivity index is 1.60. The minimum atomic E-state index is -0.525. The molecular formula is C26H28NO4+. The first-order valence-electron chi connectivity index (χ1n) is 10.5. The molecule has 0 aliphatic heterocycles. The number of hydrogen-bond donors (Lipinski definition) is 1. The molecular weight excluding hydrogens is 390 g/mol. The van der Waals surface area contributed by atoms with E-state index in [0.29, 0.717) is 5.56 Å². The van der Waals surface area contributed by atoms with Gasteiger partial charge in [0, 0.05) is 11.1 Å². The number of aliphatic hydroxyl groups is 1. The van der Waals surface area contributed by atoms with Crippen LogP contribution in [0.5, 0.6) is 0 Å². The smallest absolute Gasteiger partial charge is 0.310 e. The highest BCUT2D eigenvalue weighted by Gasteiger charge is 2.08. The van der Waals surface area contributed by atoms with Gasteiger partial charge in [-0.3, -0.25) is 9.59 Å². The number of ether oxygens (including phenoxy) is 1. The molecule has 5 nitrogen and oxygen atoms in total. The van der Waals surface area contributed by atoms with Crippen molar-refractivity contribution in [2.75, 3.05) is 19.7 Å². The van der Waals surface area contributed by atoms with Gasteiger partial charge < -0.3 is 9.84 Å². The summed E-state index contributed by atoms with van der Waals surface area (Å²) in [6.45, 7) is 5.92. The molecule has 160 valence electrons. The number of ketones is 1. The van der Waals surface area contributed by atoms with Crippen LogP contribution in [0.25, 0.3) is 10.8 Å². The van der Waals surface area contributed by atoms with Crippen molar-refractivity contribution in [1.29, 1.82) is 0 Å². The molecule has 1 N–H and O–H groups in total. The molecule has 0 radical (unpaired) electrons. The first-order chi connectivity index (χ1) is 15.0. The summed E-state index contributed by atoms with van der Waals surface area (Å²) >= 11 is 0. The van der Waals surface area contributed by atoms with E-state index in [2.05, 4.69) is 48.9 Å². The maximum atomic E-state index is 12.2. The molecule has 0 fully saturated rings. The van der Waals surface area contributed by atoms with Gasteiger partial charge in [-0.15, -0.1) is 0 Å². The number of esters is 1. The third-order valence-electron chi connectivity index (χ3n) is 5.24. The van der Waals surface area contributed by atoms with Crippen LogP contribution in [-0.2, 0) is 22.6 Å². The monoisotopic (exact) mass is 418 g/mol. The van der Waals surface area contributed by atoms with E-state index in [-0.39, 0.29) is 24.8 Å². The fourth-order valence-electron chi connectivity index (χ4n) is 3.38. The van der Waals surface area contributed by atoms with Crippen LogP contribution in [-0.4, -0.2) is 47.3 Å². The van der Waals surface area contributed by atoms with E-state index in [9.17, 15) is 9.59 Å². The molecule has 0 aliphatic carbocycles. The number of Topliss-reactive ketones (excluding diaryl/α,β-unsaturated/α-hetero) is 1. The summed E-state index contributed by atoms with van der Waals surface area (Å²) in [4.78, 5) is 23.6. The van der Waals surface area contributed by atoms with E-state index in [4.69, 9.17) is 9.84 Å². The molecule has 5 heteroatoms. The van der Waals surface area contributed by atoms with Gasteiger partial charge in [-0.25, -0.2) is 4.58 Å². The first kappa shape index (κ1) is 22.4. The summed E-state index contributed by atoms with van der Waals surface area (Å²) in [5.41, 5.74) is 3.29. The number of fused-ring (bicyclic) bond motifs is 1. The van der Waals surface area contributed by atoms with Gasteiger partial charge in [-0.1, -0.05) is 42.5 Å². The van der Waals surface area contributed by atoms with Crippen LogP contribution in [0.4, 0.5) is 0 Å². The molecule has 0 saturated heterocycles. The Morgan fingerprint density at radius 1 is 0.903 bits per heavy atom. The number of benzene rings is 3. The van der Waals surface area contributed by atoms with Gasteiger partial charge >= 0.3 is 5.97 Å². The van der Waals surface area contributed by atoms with Gasteiger partial charge in [0.15, 0.2) is 12.0 Å². The number of aliphatic hydroxyl groups excluding tert-OH is 1. The molecule has 0 bridgehead atoms. The van der Waals surface area contributed by atoms with Gasteiger partial charge in [0.2, 0.25) is 0 Å². The normalized spacial score (nSPS) is 10.7. The summed E-state index contributed by atoms with van der Waals surface area (Å²) < 4.78 is 7.68.